The van der Waals surface area contributed by atoms with E-state index in [-0.39, 0.29) is 17.6 Å². The van der Waals surface area contributed by atoms with Crippen molar-refractivity contribution in [2.75, 3.05) is 20.2 Å². The fraction of sp³-hybridized carbons (Fsp3) is 0.360. The van der Waals surface area contributed by atoms with Crippen LogP contribution in [0.15, 0.2) is 47.5 Å². The monoisotopic (exact) mass is 461 g/mol. The van der Waals surface area contributed by atoms with Crippen molar-refractivity contribution in [3.8, 4) is 17.0 Å². The van der Waals surface area contributed by atoms with Crippen molar-refractivity contribution < 1.29 is 14.6 Å². The van der Waals surface area contributed by atoms with Gasteiger partial charge in [0.15, 0.2) is 0 Å². The lowest BCUT2D eigenvalue weighted by Crippen LogP contribution is -2.44. The molecule has 0 aliphatic carbocycles. The Labute approximate surface area is 196 Å². The van der Waals surface area contributed by atoms with Gasteiger partial charge in [-0.25, -0.2) is 9.78 Å². The number of aryl methyl sites for hydroxylation is 1. The molecule has 4 aromatic rings. The van der Waals surface area contributed by atoms with Crippen LogP contribution in [0, 0.1) is 0 Å². The molecule has 1 atom stereocenters. The first-order chi connectivity index (χ1) is 16.4. The molecule has 1 fully saturated rings. The highest BCUT2D eigenvalue weighted by Crippen LogP contribution is 2.32. The maximum Gasteiger partial charge on any atom is 0.329 e. The van der Waals surface area contributed by atoms with Gasteiger partial charge in [0.2, 0.25) is 5.88 Å². The number of benzene rings is 1. The Bertz CT molecular complexity index is 1430. The molecule has 0 bridgehead atoms. The van der Waals surface area contributed by atoms with Gasteiger partial charge in [0, 0.05) is 49.4 Å². The van der Waals surface area contributed by atoms with Gasteiger partial charge in [0.05, 0.1) is 29.9 Å². The van der Waals surface area contributed by atoms with E-state index in [1.807, 2.05) is 28.8 Å². The molecule has 0 unspecified atom stereocenters. The van der Waals surface area contributed by atoms with E-state index in [2.05, 4.69) is 16.0 Å². The lowest BCUT2D eigenvalue weighted by atomic mass is 10.0. The number of hydrogen-bond acceptors (Lipinski definition) is 6. The summed E-state index contributed by atoms with van der Waals surface area (Å²) in [6.07, 6.45) is 3.78. The highest BCUT2D eigenvalue weighted by Gasteiger charge is 2.29. The Morgan fingerprint density at radius 3 is 2.50 bits per heavy atom. The molecular formula is C25H27N5O4. The third-order valence-corrected chi connectivity index (χ3v) is 6.69. The first-order valence-corrected chi connectivity index (χ1v) is 11.4. The highest BCUT2D eigenvalue weighted by atomic mass is 16.5. The van der Waals surface area contributed by atoms with E-state index in [4.69, 9.17) is 4.74 Å². The zero-order chi connectivity index (χ0) is 24.0. The van der Waals surface area contributed by atoms with Crippen molar-refractivity contribution in [1.82, 2.24) is 24.0 Å². The number of aliphatic hydroxyl groups is 1. The Morgan fingerprint density at radius 1 is 1.12 bits per heavy atom. The molecular weight excluding hydrogens is 434 g/mol. The number of aliphatic hydroxyl groups excluding tert-OH is 1. The van der Waals surface area contributed by atoms with Gasteiger partial charge < -0.3 is 14.7 Å². The predicted octanol–water partition coefficient (Wildman–Crippen LogP) is 2.50. The normalized spacial score (nSPS) is 15.7. The molecule has 5 rings (SSSR count). The summed E-state index contributed by atoms with van der Waals surface area (Å²) in [5, 5.41) is 10.5. The minimum atomic E-state index is -1.02. The van der Waals surface area contributed by atoms with Crippen LogP contribution in [0.25, 0.3) is 33.1 Å². The van der Waals surface area contributed by atoms with Gasteiger partial charge in [-0.15, -0.1) is 0 Å². The molecule has 4 heterocycles. The van der Waals surface area contributed by atoms with Gasteiger partial charge >= 0.3 is 5.69 Å². The lowest BCUT2D eigenvalue weighted by Gasteiger charge is -2.33. The number of fused-ring (bicyclic) bond motifs is 3. The number of carbonyl (C=O) groups excluding carboxylic acids is 1. The van der Waals surface area contributed by atoms with Crippen molar-refractivity contribution in [2.24, 2.45) is 7.05 Å². The van der Waals surface area contributed by atoms with Crippen molar-refractivity contribution in [3.05, 3.63) is 53.2 Å². The number of hydrogen-bond donors (Lipinski definition) is 1. The molecule has 9 nitrogen and oxygen atoms in total. The average molecular weight is 462 g/mol. The van der Waals surface area contributed by atoms with Crippen LogP contribution in [-0.2, 0) is 11.8 Å². The zero-order valence-electron chi connectivity index (χ0n) is 19.4. The van der Waals surface area contributed by atoms with E-state index in [1.165, 1.54) is 6.92 Å². The standard InChI is InChI=1S/C25H27N5O4/c1-15(31)24(32)29-10-8-18(9-11-29)30-23-19-12-16(17-5-7-22(34-3)27-13-17)4-6-20(19)26-14-21(23)28(2)25(30)33/h4-7,12-15,18,31H,8-11H2,1-3H3/t15-/m1/s1. The first kappa shape index (κ1) is 22.1. The molecule has 0 radical (unpaired) electrons. The predicted molar refractivity (Wildman–Crippen MR) is 129 cm³/mol. The second kappa shape index (κ2) is 8.57. The molecule has 3 aromatic heterocycles. The molecule has 9 heteroatoms. The smallest absolute Gasteiger partial charge is 0.329 e. The third kappa shape index (κ3) is 3.62. The van der Waals surface area contributed by atoms with Gasteiger partial charge in [0.25, 0.3) is 5.91 Å². The van der Waals surface area contributed by atoms with Crippen LogP contribution in [0.3, 0.4) is 0 Å². The Kier molecular flexibility index (Phi) is 5.57. The van der Waals surface area contributed by atoms with E-state index < -0.39 is 6.10 Å². The Morgan fingerprint density at radius 2 is 1.85 bits per heavy atom. The summed E-state index contributed by atoms with van der Waals surface area (Å²) >= 11 is 0. The van der Waals surface area contributed by atoms with Gasteiger partial charge in [-0.05, 0) is 43.5 Å². The Hall–Kier alpha value is -3.72. The van der Waals surface area contributed by atoms with Gasteiger partial charge in [0.1, 0.15) is 6.10 Å². The summed E-state index contributed by atoms with van der Waals surface area (Å²) in [4.78, 5) is 36.1. The molecule has 1 saturated heterocycles. The number of rotatable bonds is 4. The van der Waals surface area contributed by atoms with E-state index in [9.17, 15) is 14.7 Å². The summed E-state index contributed by atoms with van der Waals surface area (Å²) in [6.45, 7) is 2.49. The zero-order valence-corrected chi connectivity index (χ0v) is 19.4. The van der Waals surface area contributed by atoms with Crippen molar-refractivity contribution in [2.45, 2.75) is 31.9 Å². The second-order valence-corrected chi connectivity index (χ2v) is 8.76. The maximum absolute atomic E-state index is 13.3. The van der Waals surface area contributed by atoms with Crippen molar-refractivity contribution in [1.29, 1.82) is 0 Å². The van der Waals surface area contributed by atoms with Crippen LogP contribution in [0.1, 0.15) is 25.8 Å². The molecule has 1 N–H and O–H groups in total. The number of ether oxygens (including phenoxy) is 1. The van der Waals surface area contributed by atoms with Crippen LogP contribution in [0.5, 0.6) is 5.88 Å². The van der Waals surface area contributed by atoms with Crippen LogP contribution >= 0.6 is 0 Å². The van der Waals surface area contributed by atoms with E-state index in [1.54, 1.807) is 36.0 Å². The quantitative estimate of drug-likeness (QED) is 0.501. The number of nitrogens with zero attached hydrogens (tertiary/aromatic N) is 5. The van der Waals surface area contributed by atoms with Crippen LogP contribution in [-0.4, -0.2) is 61.3 Å². The van der Waals surface area contributed by atoms with Crippen molar-refractivity contribution >= 4 is 27.8 Å². The number of methoxy groups -OCH3 is 1. The second-order valence-electron chi connectivity index (χ2n) is 8.76. The molecule has 1 aliphatic rings. The van der Waals surface area contributed by atoms with Gasteiger partial charge in [-0.3, -0.25) is 18.9 Å². The van der Waals surface area contributed by atoms with Gasteiger partial charge in [-0.2, -0.15) is 0 Å². The number of carbonyl (C=O) groups is 1. The minimum Gasteiger partial charge on any atom is -0.481 e. The fourth-order valence-corrected chi connectivity index (χ4v) is 4.83. The van der Waals surface area contributed by atoms with Crippen molar-refractivity contribution in [3.63, 3.8) is 0 Å². The van der Waals surface area contributed by atoms with E-state index >= 15 is 0 Å². The molecule has 1 amide bonds. The SMILES string of the molecule is COc1ccc(-c2ccc3ncc4c(c3c2)n(C2CCN(C(=O)[C@@H](C)O)CC2)c(=O)n4C)cn1. The fourth-order valence-electron chi connectivity index (χ4n) is 4.83. The largest absolute Gasteiger partial charge is 0.481 e. The summed E-state index contributed by atoms with van der Waals surface area (Å²) in [5.74, 6) is 0.280. The topological polar surface area (TPSA) is 102 Å². The Balaban J connectivity index is 1.61. The molecule has 0 saturated carbocycles. The number of pyridine rings is 2. The third-order valence-electron chi connectivity index (χ3n) is 6.69. The number of piperidine rings is 1. The molecule has 176 valence electrons. The number of imidazole rings is 1. The average Bonchev–Trinajstić information content (AvgIpc) is 3.13. The van der Waals surface area contributed by atoms with Crippen LogP contribution < -0.4 is 10.4 Å². The maximum atomic E-state index is 13.3. The molecule has 1 aromatic carbocycles. The van der Waals surface area contributed by atoms with Crippen LogP contribution in [0.4, 0.5) is 0 Å². The summed E-state index contributed by atoms with van der Waals surface area (Å²) < 4.78 is 8.66. The van der Waals surface area contributed by atoms with Gasteiger partial charge in [-0.1, -0.05) is 6.07 Å². The molecule has 34 heavy (non-hydrogen) atoms. The highest BCUT2D eigenvalue weighted by molar-refractivity contribution is 6.04. The molecule has 1 aliphatic heterocycles. The lowest BCUT2D eigenvalue weighted by molar-refractivity contribution is -0.140. The summed E-state index contributed by atoms with van der Waals surface area (Å²) in [6, 6.07) is 9.73. The number of amides is 1. The number of aromatic nitrogens is 4. The summed E-state index contributed by atoms with van der Waals surface area (Å²) in [7, 11) is 3.35. The van der Waals surface area contributed by atoms with E-state index in [0.29, 0.717) is 31.8 Å². The molecule has 0 spiro atoms. The van der Waals surface area contributed by atoms with E-state index in [0.717, 1.165) is 33.1 Å². The summed E-state index contributed by atoms with van der Waals surface area (Å²) in [5.41, 5.74) is 4.23. The van der Waals surface area contributed by atoms with Crippen LogP contribution in [0.2, 0.25) is 0 Å². The minimum absolute atomic E-state index is 0.0499. The number of likely N-dealkylation sites (tertiary alicyclic amines) is 1. The first-order valence-electron chi connectivity index (χ1n) is 11.4.